The third-order valence-corrected chi connectivity index (χ3v) is 3.91. The van der Waals surface area contributed by atoms with Gasteiger partial charge >= 0.3 is 0 Å². The molecular formula is C20H19N3O. The predicted octanol–water partition coefficient (Wildman–Crippen LogP) is 3.61. The second-order valence-electron chi connectivity index (χ2n) is 5.74. The highest BCUT2D eigenvalue weighted by Gasteiger charge is 2.07. The zero-order valence-corrected chi connectivity index (χ0v) is 13.8. The Morgan fingerprint density at radius 3 is 2.58 bits per heavy atom. The zero-order valence-electron chi connectivity index (χ0n) is 13.8. The van der Waals surface area contributed by atoms with Crippen molar-refractivity contribution in [1.29, 1.82) is 0 Å². The van der Waals surface area contributed by atoms with Crippen LogP contribution in [0.25, 0.3) is 17.1 Å². The molecule has 0 saturated heterocycles. The molecule has 3 rings (SSSR count). The van der Waals surface area contributed by atoms with Crippen LogP contribution in [0.3, 0.4) is 0 Å². The Balaban J connectivity index is 1.70. The van der Waals surface area contributed by atoms with E-state index in [1.807, 2.05) is 55.5 Å². The molecule has 0 spiro atoms. The first kappa shape index (κ1) is 15.9. The first-order valence-electron chi connectivity index (χ1n) is 7.83. The molecule has 0 aliphatic rings. The SMILES string of the molecule is Cc1ccccc1CN(C)C(=O)/C=C/c1cnc2ccccc2n1. The number of para-hydroxylation sites is 2. The number of rotatable bonds is 4. The summed E-state index contributed by atoms with van der Waals surface area (Å²) in [7, 11) is 1.80. The van der Waals surface area contributed by atoms with E-state index in [0.717, 1.165) is 16.6 Å². The van der Waals surface area contributed by atoms with Gasteiger partial charge in [-0.25, -0.2) is 4.98 Å². The van der Waals surface area contributed by atoms with Gasteiger partial charge in [-0.2, -0.15) is 0 Å². The minimum atomic E-state index is -0.0618. The van der Waals surface area contributed by atoms with Crippen LogP contribution in [0.1, 0.15) is 16.8 Å². The van der Waals surface area contributed by atoms with Gasteiger partial charge in [0, 0.05) is 19.7 Å². The average Bonchev–Trinajstić information content (AvgIpc) is 2.61. The molecule has 0 N–H and O–H groups in total. The molecule has 1 aromatic heterocycles. The van der Waals surface area contributed by atoms with Crippen LogP contribution in [0.5, 0.6) is 0 Å². The van der Waals surface area contributed by atoms with Crippen LogP contribution in [0.4, 0.5) is 0 Å². The summed E-state index contributed by atoms with van der Waals surface area (Å²) in [6.07, 6.45) is 4.92. The maximum Gasteiger partial charge on any atom is 0.246 e. The molecule has 120 valence electrons. The molecule has 2 aromatic carbocycles. The van der Waals surface area contributed by atoms with Crippen LogP contribution in [-0.2, 0) is 11.3 Å². The molecular weight excluding hydrogens is 298 g/mol. The van der Waals surface area contributed by atoms with Crippen LogP contribution in [0.2, 0.25) is 0 Å². The number of fused-ring (bicyclic) bond motifs is 1. The monoisotopic (exact) mass is 317 g/mol. The number of hydrogen-bond donors (Lipinski definition) is 0. The van der Waals surface area contributed by atoms with Gasteiger partial charge in [0.1, 0.15) is 0 Å². The lowest BCUT2D eigenvalue weighted by Crippen LogP contribution is -2.24. The van der Waals surface area contributed by atoms with E-state index in [9.17, 15) is 4.79 Å². The maximum atomic E-state index is 12.3. The van der Waals surface area contributed by atoms with Crippen molar-refractivity contribution in [3.63, 3.8) is 0 Å². The summed E-state index contributed by atoms with van der Waals surface area (Å²) in [5.41, 5.74) is 4.66. The van der Waals surface area contributed by atoms with Crippen molar-refractivity contribution in [3.05, 3.63) is 77.6 Å². The second-order valence-corrected chi connectivity index (χ2v) is 5.74. The largest absolute Gasteiger partial charge is 0.338 e. The Hall–Kier alpha value is -3.01. The number of amides is 1. The van der Waals surface area contributed by atoms with Crippen LogP contribution >= 0.6 is 0 Å². The minimum Gasteiger partial charge on any atom is -0.338 e. The van der Waals surface area contributed by atoms with Crippen molar-refractivity contribution in [2.75, 3.05) is 7.05 Å². The van der Waals surface area contributed by atoms with E-state index in [1.54, 1.807) is 24.2 Å². The molecule has 24 heavy (non-hydrogen) atoms. The van der Waals surface area contributed by atoms with E-state index in [1.165, 1.54) is 11.6 Å². The second kappa shape index (κ2) is 7.04. The van der Waals surface area contributed by atoms with Gasteiger partial charge < -0.3 is 4.90 Å². The standard InChI is InChI=1S/C20H19N3O/c1-15-7-3-4-8-16(15)14-23(2)20(24)12-11-17-13-21-18-9-5-6-10-19(18)22-17/h3-13H,14H2,1-2H3/b12-11+. The Morgan fingerprint density at radius 1 is 1.08 bits per heavy atom. The van der Waals surface area contributed by atoms with Crippen molar-refractivity contribution in [3.8, 4) is 0 Å². The molecule has 0 atom stereocenters. The number of benzene rings is 2. The van der Waals surface area contributed by atoms with E-state index in [0.29, 0.717) is 12.2 Å². The summed E-state index contributed by atoms with van der Waals surface area (Å²) >= 11 is 0. The minimum absolute atomic E-state index is 0.0618. The van der Waals surface area contributed by atoms with Crippen LogP contribution in [0.15, 0.2) is 60.8 Å². The van der Waals surface area contributed by atoms with Crippen molar-refractivity contribution in [2.24, 2.45) is 0 Å². The highest BCUT2D eigenvalue weighted by Crippen LogP contribution is 2.11. The fraction of sp³-hybridized carbons (Fsp3) is 0.150. The van der Waals surface area contributed by atoms with Gasteiger partial charge in [-0.1, -0.05) is 36.4 Å². The Bertz CT molecular complexity index is 902. The lowest BCUT2D eigenvalue weighted by atomic mass is 10.1. The topological polar surface area (TPSA) is 46.1 Å². The third kappa shape index (κ3) is 3.66. The van der Waals surface area contributed by atoms with E-state index >= 15 is 0 Å². The van der Waals surface area contributed by atoms with Gasteiger partial charge in [0.25, 0.3) is 0 Å². The van der Waals surface area contributed by atoms with E-state index < -0.39 is 0 Å². The molecule has 0 unspecified atom stereocenters. The van der Waals surface area contributed by atoms with E-state index in [4.69, 9.17) is 0 Å². The number of nitrogens with zero attached hydrogens (tertiary/aromatic N) is 3. The van der Waals surface area contributed by atoms with Gasteiger partial charge in [0.2, 0.25) is 5.91 Å². The summed E-state index contributed by atoms with van der Waals surface area (Å²) < 4.78 is 0. The summed E-state index contributed by atoms with van der Waals surface area (Å²) in [6.45, 7) is 2.63. The Kier molecular flexibility index (Phi) is 4.66. The van der Waals surface area contributed by atoms with Crippen LogP contribution in [-0.4, -0.2) is 27.8 Å². The molecule has 0 radical (unpaired) electrons. The number of aromatic nitrogens is 2. The fourth-order valence-corrected chi connectivity index (χ4v) is 2.46. The molecule has 1 heterocycles. The molecule has 3 aromatic rings. The molecule has 4 nitrogen and oxygen atoms in total. The predicted molar refractivity (Wildman–Crippen MR) is 96.2 cm³/mol. The smallest absolute Gasteiger partial charge is 0.246 e. The van der Waals surface area contributed by atoms with Gasteiger partial charge in [-0.05, 0) is 36.3 Å². The van der Waals surface area contributed by atoms with E-state index in [2.05, 4.69) is 9.97 Å². The first-order valence-corrected chi connectivity index (χ1v) is 7.83. The van der Waals surface area contributed by atoms with Gasteiger partial charge in [0.15, 0.2) is 0 Å². The summed E-state index contributed by atoms with van der Waals surface area (Å²) in [5, 5.41) is 0. The summed E-state index contributed by atoms with van der Waals surface area (Å²) in [4.78, 5) is 22.8. The Labute approximate surface area is 141 Å². The van der Waals surface area contributed by atoms with Crippen molar-refractivity contribution in [2.45, 2.75) is 13.5 Å². The highest BCUT2D eigenvalue weighted by molar-refractivity contribution is 5.91. The van der Waals surface area contributed by atoms with Crippen molar-refractivity contribution >= 4 is 23.0 Å². The van der Waals surface area contributed by atoms with Gasteiger partial charge in [-0.15, -0.1) is 0 Å². The molecule has 0 saturated carbocycles. The van der Waals surface area contributed by atoms with Crippen LogP contribution in [0, 0.1) is 6.92 Å². The fourth-order valence-electron chi connectivity index (χ4n) is 2.46. The number of carbonyl (C=O) groups excluding carboxylic acids is 1. The molecule has 0 fully saturated rings. The first-order chi connectivity index (χ1) is 11.6. The normalized spacial score (nSPS) is 11.1. The summed E-state index contributed by atoms with van der Waals surface area (Å²) in [5.74, 6) is -0.0618. The van der Waals surface area contributed by atoms with Crippen molar-refractivity contribution < 1.29 is 4.79 Å². The van der Waals surface area contributed by atoms with E-state index in [-0.39, 0.29) is 5.91 Å². The van der Waals surface area contributed by atoms with Crippen molar-refractivity contribution in [1.82, 2.24) is 14.9 Å². The summed E-state index contributed by atoms with van der Waals surface area (Å²) in [6, 6.07) is 15.7. The van der Waals surface area contributed by atoms with Gasteiger partial charge in [-0.3, -0.25) is 9.78 Å². The molecule has 1 amide bonds. The lowest BCUT2D eigenvalue weighted by Gasteiger charge is -2.16. The number of likely N-dealkylation sites (N-methyl/N-ethyl adjacent to an activating group) is 1. The number of carbonyl (C=O) groups is 1. The lowest BCUT2D eigenvalue weighted by molar-refractivity contribution is -0.125. The number of hydrogen-bond acceptors (Lipinski definition) is 3. The highest BCUT2D eigenvalue weighted by atomic mass is 16.2. The number of aryl methyl sites for hydroxylation is 1. The Morgan fingerprint density at radius 2 is 1.79 bits per heavy atom. The molecule has 0 aliphatic carbocycles. The molecule has 0 aliphatic heterocycles. The molecule has 4 heteroatoms. The zero-order chi connectivity index (χ0) is 16.9. The van der Waals surface area contributed by atoms with Crippen LogP contribution < -0.4 is 0 Å². The quantitative estimate of drug-likeness (QED) is 0.691. The van der Waals surface area contributed by atoms with Gasteiger partial charge in [0.05, 0.1) is 22.9 Å². The third-order valence-electron chi connectivity index (χ3n) is 3.91. The molecule has 0 bridgehead atoms. The average molecular weight is 317 g/mol. The maximum absolute atomic E-state index is 12.3.